The standard InChI is InChI=1S/C16H26N2O2/c1-2-3-10-18-13-16(20)15(19)11-14(18)12-17-8-6-4-5-7-9-17/h11,13,20H,2-10,12H2,1H3. The van der Waals surface area contributed by atoms with Gasteiger partial charge in [0.1, 0.15) is 0 Å². The smallest absolute Gasteiger partial charge is 0.223 e. The predicted octanol–water partition coefficient (Wildman–Crippen LogP) is 2.73. The lowest BCUT2D eigenvalue weighted by molar-refractivity contribution is 0.267. The largest absolute Gasteiger partial charge is 0.503 e. The monoisotopic (exact) mass is 278 g/mol. The number of pyridine rings is 1. The van der Waals surface area contributed by atoms with E-state index in [0.29, 0.717) is 0 Å². The predicted molar refractivity (Wildman–Crippen MR) is 81.0 cm³/mol. The summed E-state index contributed by atoms with van der Waals surface area (Å²) in [5.74, 6) is -0.138. The Labute approximate surface area is 121 Å². The molecule has 0 unspecified atom stereocenters. The maximum absolute atomic E-state index is 11.7. The Morgan fingerprint density at radius 1 is 1.20 bits per heavy atom. The highest BCUT2D eigenvalue weighted by Crippen LogP contribution is 2.14. The van der Waals surface area contributed by atoms with Gasteiger partial charge in [0.2, 0.25) is 5.43 Å². The van der Waals surface area contributed by atoms with Gasteiger partial charge in [-0.25, -0.2) is 0 Å². The molecule has 1 aliphatic rings. The normalized spacial score (nSPS) is 17.1. The van der Waals surface area contributed by atoms with E-state index in [1.807, 2.05) is 4.57 Å². The third kappa shape index (κ3) is 4.10. The zero-order chi connectivity index (χ0) is 14.4. The van der Waals surface area contributed by atoms with E-state index in [-0.39, 0.29) is 11.2 Å². The van der Waals surface area contributed by atoms with Crippen molar-refractivity contribution in [1.82, 2.24) is 9.47 Å². The van der Waals surface area contributed by atoms with Crippen molar-refractivity contribution in [3.05, 3.63) is 28.2 Å². The number of aryl methyl sites for hydroxylation is 1. The van der Waals surface area contributed by atoms with Crippen LogP contribution in [0.25, 0.3) is 0 Å². The molecule has 1 N–H and O–H groups in total. The number of unbranched alkanes of at least 4 members (excludes halogenated alkanes) is 1. The molecule has 1 aliphatic heterocycles. The summed E-state index contributed by atoms with van der Waals surface area (Å²) >= 11 is 0. The first-order valence-electron chi connectivity index (χ1n) is 7.85. The van der Waals surface area contributed by atoms with Crippen molar-refractivity contribution in [1.29, 1.82) is 0 Å². The molecule has 20 heavy (non-hydrogen) atoms. The van der Waals surface area contributed by atoms with Crippen LogP contribution in [0.2, 0.25) is 0 Å². The summed E-state index contributed by atoms with van der Waals surface area (Å²) in [6.07, 6.45) is 8.90. The summed E-state index contributed by atoms with van der Waals surface area (Å²) in [5.41, 5.74) is 0.769. The number of nitrogens with zero attached hydrogens (tertiary/aromatic N) is 2. The maximum Gasteiger partial charge on any atom is 0.223 e. The average Bonchev–Trinajstić information content (AvgIpc) is 2.70. The van der Waals surface area contributed by atoms with Crippen molar-refractivity contribution in [3.8, 4) is 5.75 Å². The van der Waals surface area contributed by atoms with Crippen LogP contribution in [0.5, 0.6) is 5.75 Å². The third-order valence-corrected chi connectivity index (χ3v) is 4.03. The van der Waals surface area contributed by atoms with Gasteiger partial charge in [-0.15, -0.1) is 0 Å². The molecule has 1 aromatic heterocycles. The molecule has 112 valence electrons. The fourth-order valence-corrected chi connectivity index (χ4v) is 2.80. The average molecular weight is 278 g/mol. The van der Waals surface area contributed by atoms with Crippen LogP contribution in [0.3, 0.4) is 0 Å². The highest BCUT2D eigenvalue weighted by Gasteiger charge is 2.13. The highest BCUT2D eigenvalue weighted by atomic mass is 16.3. The minimum Gasteiger partial charge on any atom is -0.503 e. The van der Waals surface area contributed by atoms with Gasteiger partial charge in [0.05, 0.1) is 6.20 Å². The Morgan fingerprint density at radius 3 is 2.55 bits per heavy atom. The van der Waals surface area contributed by atoms with Gasteiger partial charge in [0, 0.05) is 24.8 Å². The van der Waals surface area contributed by atoms with Crippen LogP contribution in [-0.4, -0.2) is 27.7 Å². The third-order valence-electron chi connectivity index (χ3n) is 4.03. The van der Waals surface area contributed by atoms with E-state index in [2.05, 4.69) is 11.8 Å². The van der Waals surface area contributed by atoms with Crippen LogP contribution in [-0.2, 0) is 13.1 Å². The molecule has 4 nitrogen and oxygen atoms in total. The molecule has 0 spiro atoms. The molecule has 1 fully saturated rings. The second-order valence-corrected chi connectivity index (χ2v) is 5.75. The van der Waals surface area contributed by atoms with Gasteiger partial charge in [-0.3, -0.25) is 9.69 Å². The van der Waals surface area contributed by atoms with E-state index in [9.17, 15) is 9.90 Å². The van der Waals surface area contributed by atoms with Crippen molar-refractivity contribution >= 4 is 0 Å². The van der Waals surface area contributed by atoms with Crippen LogP contribution in [0.15, 0.2) is 17.1 Å². The van der Waals surface area contributed by atoms with Crippen LogP contribution in [0, 0.1) is 0 Å². The van der Waals surface area contributed by atoms with Gasteiger partial charge in [0.15, 0.2) is 5.75 Å². The van der Waals surface area contributed by atoms with E-state index < -0.39 is 0 Å². The Bertz CT molecular complexity index is 474. The molecule has 4 heteroatoms. The molecular weight excluding hydrogens is 252 g/mol. The lowest BCUT2D eigenvalue weighted by Crippen LogP contribution is -2.27. The minimum absolute atomic E-state index is 0.138. The Balaban J connectivity index is 2.15. The van der Waals surface area contributed by atoms with Crippen LogP contribution >= 0.6 is 0 Å². The summed E-state index contributed by atoms with van der Waals surface area (Å²) < 4.78 is 2.05. The summed E-state index contributed by atoms with van der Waals surface area (Å²) in [5, 5.41) is 9.63. The van der Waals surface area contributed by atoms with Crippen molar-refractivity contribution in [2.24, 2.45) is 0 Å². The Kier molecular flexibility index (Phi) is 5.65. The topological polar surface area (TPSA) is 45.5 Å². The van der Waals surface area contributed by atoms with Gasteiger partial charge in [-0.1, -0.05) is 26.2 Å². The second kappa shape index (κ2) is 7.48. The Hall–Kier alpha value is -1.29. The summed E-state index contributed by atoms with van der Waals surface area (Å²) in [6, 6.07) is 1.61. The molecular formula is C16H26N2O2. The van der Waals surface area contributed by atoms with E-state index in [1.165, 1.54) is 25.7 Å². The molecule has 0 atom stereocenters. The van der Waals surface area contributed by atoms with Crippen LogP contribution < -0.4 is 5.43 Å². The molecule has 0 saturated carbocycles. The number of likely N-dealkylation sites (tertiary alicyclic amines) is 1. The van der Waals surface area contributed by atoms with Crippen molar-refractivity contribution in [3.63, 3.8) is 0 Å². The van der Waals surface area contributed by atoms with E-state index in [0.717, 1.165) is 44.7 Å². The summed E-state index contributed by atoms with van der Waals surface area (Å²) in [6.45, 7) is 6.06. The van der Waals surface area contributed by atoms with Gasteiger partial charge >= 0.3 is 0 Å². The molecule has 2 heterocycles. The SMILES string of the molecule is CCCCn1cc(O)c(=O)cc1CN1CCCCCC1. The summed E-state index contributed by atoms with van der Waals surface area (Å²) in [4.78, 5) is 14.1. The number of aromatic hydroxyl groups is 1. The molecule has 1 saturated heterocycles. The number of rotatable bonds is 5. The molecule has 0 amide bonds. The zero-order valence-corrected chi connectivity index (χ0v) is 12.5. The van der Waals surface area contributed by atoms with Gasteiger partial charge in [-0.2, -0.15) is 0 Å². The number of aromatic nitrogens is 1. The van der Waals surface area contributed by atoms with Gasteiger partial charge < -0.3 is 9.67 Å². The number of hydrogen-bond donors (Lipinski definition) is 1. The van der Waals surface area contributed by atoms with Crippen LogP contribution in [0.1, 0.15) is 51.1 Å². The molecule has 0 aromatic carbocycles. The Morgan fingerprint density at radius 2 is 1.90 bits per heavy atom. The van der Waals surface area contributed by atoms with Gasteiger partial charge in [-0.05, 0) is 32.4 Å². The molecule has 2 rings (SSSR count). The fourth-order valence-electron chi connectivity index (χ4n) is 2.80. The first kappa shape index (κ1) is 15.1. The fraction of sp³-hybridized carbons (Fsp3) is 0.688. The molecule has 0 bridgehead atoms. The minimum atomic E-state index is -0.262. The molecule has 0 aliphatic carbocycles. The second-order valence-electron chi connectivity index (χ2n) is 5.75. The van der Waals surface area contributed by atoms with E-state index in [1.54, 1.807) is 12.3 Å². The highest BCUT2D eigenvalue weighted by molar-refractivity contribution is 5.20. The van der Waals surface area contributed by atoms with Crippen molar-refractivity contribution in [2.75, 3.05) is 13.1 Å². The van der Waals surface area contributed by atoms with Crippen molar-refractivity contribution < 1.29 is 5.11 Å². The molecule has 1 aromatic rings. The lowest BCUT2D eigenvalue weighted by Gasteiger charge is -2.22. The van der Waals surface area contributed by atoms with Gasteiger partial charge in [0.25, 0.3) is 0 Å². The van der Waals surface area contributed by atoms with E-state index in [4.69, 9.17) is 0 Å². The maximum atomic E-state index is 11.7. The number of hydrogen-bond acceptors (Lipinski definition) is 3. The van der Waals surface area contributed by atoms with Crippen LogP contribution in [0.4, 0.5) is 0 Å². The first-order valence-corrected chi connectivity index (χ1v) is 7.85. The van der Waals surface area contributed by atoms with Crippen molar-refractivity contribution in [2.45, 2.75) is 58.5 Å². The van der Waals surface area contributed by atoms with E-state index >= 15 is 0 Å². The summed E-state index contributed by atoms with van der Waals surface area (Å²) in [7, 11) is 0. The zero-order valence-electron chi connectivity index (χ0n) is 12.5. The molecule has 0 radical (unpaired) electrons. The lowest BCUT2D eigenvalue weighted by atomic mass is 10.2. The quantitative estimate of drug-likeness (QED) is 0.900. The first-order chi connectivity index (χ1) is 9.70.